The summed E-state index contributed by atoms with van der Waals surface area (Å²) in [4.78, 5) is 4.10. The first kappa shape index (κ1) is 13.5. The normalized spacial score (nSPS) is 15.3. The lowest BCUT2D eigenvalue weighted by molar-refractivity contribution is 0.564. The zero-order chi connectivity index (χ0) is 15.2. The Labute approximate surface area is 129 Å². The van der Waals surface area contributed by atoms with Crippen molar-refractivity contribution in [3.8, 4) is 0 Å². The van der Waals surface area contributed by atoms with Gasteiger partial charge in [0.2, 0.25) is 15.0 Å². The highest BCUT2D eigenvalue weighted by molar-refractivity contribution is 7.90. The Morgan fingerprint density at radius 2 is 1.86 bits per heavy atom. The Morgan fingerprint density at radius 3 is 2.68 bits per heavy atom. The van der Waals surface area contributed by atoms with Gasteiger partial charge in [-0.2, -0.15) is 0 Å². The number of imidazole rings is 1. The number of sulfone groups is 1. The van der Waals surface area contributed by atoms with Crippen LogP contribution in [0.4, 0.5) is 0 Å². The van der Waals surface area contributed by atoms with Crippen LogP contribution in [0.15, 0.2) is 60.0 Å². The SMILES string of the molecule is O=S(=O)(Cc1cccc2ccccc12)c1nccn1C1CC1. The lowest BCUT2D eigenvalue weighted by atomic mass is 10.1. The van der Waals surface area contributed by atoms with Gasteiger partial charge < -0.3 is 4.57 Å². The van der Waals surface area contributed by atoms with Gasteiger partial charge >= 0.3 is 0 Å². The fraction of sp³-hybridized carbons (Fsp3) is 0.235. The molecule has 0 spiro atoms. The summed E-state index contributed by atoms with van der Waals surface area (Å²) in [7, 11) is -3.45. The molecule has 2 aromatic carbocycles. The zero-order valence-corrected chi connectivity index (χ0v) is 12.8. The van der Waals surface area contributed by atoms with E-state index in [0.717, 1.165) is 29.2 Å². The molecule has 0 N–H and O–H groups in total. The second kappa shape index (κ2) is 4.95. The van der Waals surface area contributed by atoms with Crippen LogP contribution in [-0.2, 0) is 15.6 Å². The Bertz CT molecular complexity index is 935. The first-order valence-corrected chi connectivity index (χ1v) is 9.02. The fourth-order valence-corrected chi connectivity index (χ4v) is 4.40. The highest BCUT2D eigenvalue weighted by Gasteiger charge is 2.30. The molecule has 0 bridgehead atoms. The molecule has 1 aliphatic carbocycles. The number of benzene rings is 2. The molecule has 0 unspecified atom stereocenters. The van der Waals surface area contributed by atoms with E-state index in [-0.39, 0.29) is 10.9 Å². The van der Waals surface area contributed by atoms with Crippen LogP contribution in [0.3, 0.4) is 0 Å². The van der Waals surface area contributed by atoms with Crippen molar-refractivity contribution in [1.82, 2.24) is 9.55 Å². The van der Waals surface area contributed by atoms with E-state index in [9.17, 15) is 8.42 Å². The largest absolute Gasteiger partial charge is 0.319 e. The van der Waals surface area contributed by atoms with Crippen molar-refractivity contribution in [2.45, 2.75) is 29.8 Å². The molecule has 1 aromatic heterocycles. The maximum absolute atomic E-state index is 12.8. The van der Waals surface area contributed by atoms with E-state index in [1.54, 1.807) is 17.0 Å². The zero-order valence-electron chi connectivity index (χ0n) is 12.0. The number of fused-ring (bicyclic) bond motifs is 1. The van der Waals surface area contributed by atoms with Crippen LogP contribution in [0.25, 0.3) is 10.8 Å². The molecule has 22 heavy (non-hydrogen) atoms. The van der Waals surface area contributed by atoms with Gasteiger partial charge in [-0.25, -0.2) is 13.4 Å². The van der Waals surface area contributed by atoms with Crippen LogP contribution in [0.2, 0.25) is 0 Å². The molecule has 0 atom stereocenters. The molecular weight excluding hydrogens is 296 g/mol. The van der Waals surface area contributed by atoms with Crippen molar-refractivity contribution >= 4 is 20.6 Å². The van der Waals surface area contributed by atoms with Gasteiger partial charge in [0.05, 0.1) is 5.75 Å². The molecule has 1 aliphatic rings. The summed E-state index contributed by atoms with van der Waals surface area (Å²) >= 11 is 0. The molecule has 0 radical (unpaired) electrons. The summed E-state index contributed by atoms with van der Waals surface area (Å²) in [6.45, 7) is 0. The predicted octanol–water partition coefficient (Wildman–Crippen LogP) is 3.35. The molecular formula is C17H16N2O2S. The quantitative estimate of drug-likeness (QED) is 0.742. The van der Waals surface area contributed by atoms with Crippen molar-refractivity contribution in [2.24, 2.45) is 0 Å². The minimum atomic E-state index is -3.45. The van der Waals surface area contributed by atoms with Crippen molar-refractivity contribution in [1.29, 1.82) is 0 Å². The summed E-state index contributed by atoms with van der Waals surface area (Å²) in [5, 5.41) is 2.24. The van der Waals surface area contributed by atoms with Crippen LogP contribution < -0.4 is 0 Å². The molecule has 4 rings (SSSR count). The summed E-state index contributed by atoms with van der Waals surface area (Å²) in [5.41, 5.74) is 0.823. The third kappa shape index (κ3) is 2.31. The number of aromatic nitrogens is 2. The van der Waals surface area contributed by atoms with Crippen LogP contribution >= 0.6 is 0 Å². The molecule has 4 nitrogen and oxygen atoms in total. The maximum atomic E-state index is 12.8. The molecule has 1 saturated carbocycles. The molecule has 0 amide bonds. The smallest absolute Gasteiger partial charge is 0.228 e. The lowest BCUT2D eigenvalue weighted by Crippen LogP contribution is -2.12. The van der Waals surface area contributed by atoms with Crippen molar-refractivity contribution in [3.63, 3.8) is 0 Å². The summed E-state index contributed by atoms with van der Waals surface area (Å²) in [5.74, 6) is -0.0158. The van der Waals surface area contributed by atoms with Gasteiger partial charge in [-0.15, -0.1) is 0 Å². The van der Waals surface area contributed by atoms with Gasteiger partial charge in [0.15, 0.2) is 0 Å². The Kier molecular flexibility index (Phi) is 3.04. The van der Waals surface area contributed by atoms with E-state index in [0.29, 0.717) is 6.04 Å². The third-order valence-electron chi connectivity index (χ3n) is 4.08. The molecule has 1 fully saturated rings. The Hall–Kier alpha value is -2.14. The van der Waals surface area contributed by atoms with Crippen molar-refractivity contribution in [2.75, 3.05) is 0 Å². The maximum Gasteiger partial charge on any atom is 0.228 e. The molecule has 112 valence electrons. The first-order chi connectivity index (χ1) is 10.6. The van der Waals surface area contributed by atoms with E-state index >= 15 is 0 Å². The van der Waals surface area contributed by atoms with Crippen LogP contribution in [-0.4, -0.2) is 18.0 Å². The second-order valence-corrected chi connectivity index (χ2v) is 7.63. The van der Waals surface area contributed by atoms with Crippen molar-refractivity contribution < 1.29 is 8.42 Å². The number of rotatable bonds is 4. The third-order valence-corrected chi connectivity index (χ3v) is 5.64. The molecule has 0 saturated heterocycles. The number of hydrogen-bond acceptors (Lipinski definition) is 3. The van der Waals surface area contributed by atoms with Gasteiger partial charge in [-0.05, 0) is 29.2 Å². The summed E-state index contributed by atoms with van der Waals surface area (Å²) < 4.78 is 27.4. The average molecular weight is 312 g/mol. The second-order valence-electron chi connectivity index (χ2n) is 5.75. The Morgan fingerprint density at radius 1 is 1.09 bits per heavy atom. The van der Waals surface area contributed by atoms with Gasteiger partial charge in [-0.1, -0.05) is 42.5 Å². The number of hydrogen-bond donors (Lipinski definition) is 0. The fourth-order valence-electron chi connectivity index (χ4n) is 2.86. The van der Waals surface area contributed by atoms with Crippen LogP contribution in [0.1, 0.15) is 24.4 Å². The Balaban J connectivity index is 1.76. The summed E-state index contributed by atoms with van der Waals surface area (Å²) in [6.07, 6.45) is 5.42. The van der Waals surface area contributed by atoms with E-state index in [4.69, 9.17) is 0 Å². The first-order valence-electron chi connectivity index (χ1n) is 7.37. The lowest BCUT2D eigenvalue weighted by Gasteiger charge is -2.09. The minimum Gasteiger partial charge on any atom is -0.319 e. The van der Waals surface area contributed by atoms with Gasteiger partial charge in [-0.3, -0.25) is 0 Å². The standard InChI is InChI=1S/C17H16N2O2S/c20-22(21,17-18-10-11-19(17)15-8-9-15)12-14-6-3-5-13-4-1-2-7-16(13)14/h1-7,10-11,15H,8-9,12H2. The monoisotopic (exact) mass is 312 g/mol. The predicted molar refractivity (Wildman–Crippen MR) is 85.3 cm³/mol. The summed E-state index contributed by atoms with van der Waals surface area (Å²) in [6, 6.07) is 13.9. The van der Waals surface area contributed by atoms with E-state index < -0.39 is 9.84 Å². The molecule has 3 aromatic rings. The average Bonchev–Trinajstić information content (AvgIpc) is 3.23. The molecule has 5 heteroatoms. The van der Waals surface area contributed by atoms with E-state index in [2.05, 4.69) is 4.98 Å². The van der Waals surface area contributed by atoms with Crippen molar-refractivity contribution in [3.05, 3.63) is 60.4 Å². The van der Waals surface area contributed by atoms with Crippen LogP contribution in [0, 0.1) is 0 Å². The van der Waals surface area contributed by atoms with E-state index in [1.165, 1.54) is 0 Å². The molecule has 1 heterocycles. The minimum absolute atomic E-state index is 0.0158. The van der Waals surface area contributed by atoms with Crippen LogP contribution in [0.5, 0.6) is 0 Å². The number of nitrogens with zero attached hydrogens (tertiary/aromatic N) is 2. The highest BCUT2D eigenvalue weighted by Crippen LogP contribution is 2.37. The molecule has 0 aliphatic heterocycles. The van der Waals surface area contributed by atoms with Gasteiger partial charge in [0.1, 0.15) is 0 Å². The topological polar surface area (TPSA) is 52.0 Å². The van der Waals surface area contributed by atoms with E-state index in [1.807, 2.05) is 42.5 Å². The highest BCUT2D eigenvalue weighted by atomic mass is 32.2. The van der Waals surface area contributed by atoms with Gasteiger partial charge in [0.25, 0.3) is 0 Å². The van der Waals surface area contributed by atoms with Gasteiger partial charge in [0, 0.05) is 18.4 Å².